The van der Waals surface area contributed by atoms with Gasteiger partial charge in [-0.25, -0.2) is 8.42 Å². The Bertz CT molecular complexity index is 892. The van der Waals surface area contributed by atoms with E-state index in [1.807, 2.05) is 12.1 Å². The molecule has 0 radical (unpaired) electrons. The van der Waals surface area contributed by atoms with E-state index < -0.39 is 15.9 Å². The summed E-state index contributed by atoms with van der Waals surface area (Å²) in [7, 11) is -2.58. The number of nitrogens with zero attached hydrogens (tertiary/aromatic N) is 1. The van der Waals surface area contributed by atoms with E-state index in [0.717, 1.165) is 24.3 Å². The molecular formula is C19H25N3O4S. The lowest BCUT2D eigenvalue weighted by atomic mass is 10.2. The molecule has 0 saturated carbocycles. The molecule has 27 heavy (non-hydrogen) atoms. The number of nitrogens with one attached hydrogen (secondary N) is 2. The number of aryl methyl sites for hydroxylation is 1. The van der Waals surface area contributed by atoms with Gasteiger partial charge in [0.25, 0.3) is 15.9 Å². The summed E-state index contributed by atoms with van der Waals surface area (Å²) in [4.78, 5) is 16.5. The second-order valence-corrected chi connectivity index (χ2v) is 7.58. The molecule has 7 nitrogen and oxygen atoms in total. The standard InChI is InChI=1S/C19H25N3O4S/c1-5-22(6-2)16-10-8-15(9-11-16)19(23)20-21-27(24,25)18-13-14(3)7-12-17(18)26-4/h7-13,21H,5-6H2,1-4H3,(H,20,23). The SMILES string of the molecule is CCN(CC)c1ccc(C(=O)NNS(=O)(=O)c2cc(C)ccc2OC)cc1. The number of hydrogen-bond donors (Lipinski definition) is 2. The molecule has 0 aliphatic rings. The Labute approximate surface area is 160 Å². The second kappa shape index (κ2) is 8.88. The number of benzene rings is 2. The first-order chi connectivity index (χ1) is 12.8. The summed E-state index contributed by atoms with van der Waals surface area (Å²) >= 11 is 0. The molecule has 0 heterocycles. The van der Waals surface area contributed by atoms with Crippen molar-refractivity contribution in [2.75, 3.05) is 25.1 Å². The summed E-state index contributed by atoms with van der Waals surface area (Å²) in [6.07, 6.45) is 0. The maximum absolute atomic E-state index is 12.5. The molecule has 0 spiro atoms. The van der Waals surface area contributed by atoms with Crippen molar-refractivity contribution in [3.63, 3.8) is 0 Å². The Kier molecular flexibility index (Phi) is 6.81. The van der Waals surface area contributed by atoms with E-state index in [2.05, 4.69) is 29.0 Å². The van der Waals surface area contributed by atoms with Crippen LogP contribution in [0.5, 0.6) is 5.75 Å². The van der Waals surface area contributed by atoms with E-state index in [1.165, 1.54) is 13.2 Å². The summed E-state index contributed by atoms with van der Waals surface area (Å²) in [6.45, 7) is 7.60. The number of carbonyl (C=O) groups excluding carboxylic acids is 1. The fraction of sp³-hybridized carbons (Fsp3) is 0.316. The first kappa shape index (κ1) is 20.7. The molecule has 2 rings (SSSR count). The molecule has 2 aromatic carbocycles. The van der Waals surface area contributed by atoms with E-state index in [0.29, 0.717) is 5.56 Å². The van der Waals surface area contributed by atoms with Gasteiger partial charge in [0.15, 0.2) is 0 Å². The quantitative estimate of drug-likeness (QED) is 0.675. The van der Waals surface area contributed by atoms with Crippen LogP contribution < -0.4 is 19.9 Å². The Morgan fingerprint density at radius 2 is 1.70 bits per heavy atom. The average Bonchev–Trinajstić information content (AvgIpc) is 2.67. The predicted molar refractivity (Wildman–Crippen MR) is 106 cm³/mol. The van der Waals surface area contributed by atoms with Crippen molar-refractivity contribution in [2.24, 2.45) is 0 Å². The van der Waals surface area contributed by atoms with E-state index in [4.69, 9.17) is 4.74 Å². The average molecular weight is 391 g/mol. The maximum atomic E-state index is 12.5. The minimum Gasteiger partial charge on any atom is -0.495 e. The number of methoxy groups -OCH3 is 1. The van der Waals surface area contributed by atoms with Crippen molar-refractivity contribution >= 4 is 21.6 Å². The molecule has 0 unspecified atom stereocenters. The lowest BCUT2D eigenvalue weighted by Crippen LogP contribution is -2.41. The molecule has 2 aromatic rings. The molecule has 8 heteroatoms. The highest BCUT2D eigenvalue weighted by Crippen LogP contribution is 2.24. The number of rotatable bonds is 8. The molecule has 0 aliphatic carbocycles. The van der Waals surface area contributed by atoms with Crippen LogP contribution >= 0.6 is 0 Å². The zero-order chi connectivity index (χ0) is 20.0. The van der Waals surface area contributed by atoms with Crippen LogP contribution in [0.15, 0.2) is 47.4 Å². The van der Waals surface area contributed by atoms with Gasteiger partial charge in [0.2, 0.25) is 0 Å². The van der Waals surface area contributed by atoms with Crippen LogP contribution in [-0.4, -0.2) is 34.5 Å². The summed E-state index contributed by atoms with van der Waals surface area (Å²) in [5.74, 6) is -0.345. The van der Waals surface area contributed by atoms with Gasteiger partial charge in [0.05, 0.1) is 7.11 Å². The first-order valence-electron chi connectivity index (χ1n) is 8.64. The topological polar surface area (TPSA) is 87.7 Å². The molecule has 0 saturated heterocycles. The Morgan fingerprint density at radius 3 is 2.26 bits per heavy atom. The van der Waals surface area contributed by atoms with Crippen LogP contribution in [0.4, 0.5) is 5.69 Å². The van der Waals surface area contributed by atoms with Crippen LogP contribution in [0.1, 0.15) is 29.8 Å². The fourth-order valence-electron chi connectivity index (χ4n) is 2.65. The molecule has 0 aromatic heterocycles. The van der Waals surface area contributed by atoms with E-state index in [9.17, 15) is 13.2 Å². The Hall–Kier alpha value is -2.58. The third-order valence-electron chi connectivity index (χ3n) is 4.17. The van der Waals surface area contributed by atoms with Crippen molar-refractivity contribution in [1.29, 1.82) is 0 Å². The van der Waals surface area contributed by atoms with Crippen LogP contribution in [0.3, 0.4) is 0 Å². The van der Waals surface area contributed by atoms with Gasteiger partial charge in [0.1, 0.15) is 10.6 Å². The number of ether oxygens (including phenoxy) is 1. The smallest absolute Gasteiger partial charge is 0.266 e. The van der Waals surface area contributed by atoms with Gasteiger partial charge in [-0.2, -0.15) is 0 Å². The van der Waals surface area contributed by atoms with Gasteiger partial charge >= 0.3 is 0 Å². The summed E-state index contributed by atoms with van der Waals surface area (Å²) in [5, 5.41) is 0. The zero-order valence-electron chi connectivity index (χ0n) is 15.9. The molecule has 1 amide bonds. The molecule has 146 valence electrons. The highest BCUT2D eigenvalue weighted by Gasteiger charge is 2.20. The summed E-state index contributed by atoms with van der Waals surface area (Å²) < 4.78 is 30.1. The fourth-order valence-corrected chi connectivity index (χ4v) is 3.74. The van der Waals surface area contributed by atoms with Crippen LogP contribution in [0, 0.1) is 6.92 Å². The molecule has 0 bridgehead atoms. The van der Waals surface area contributed by atoms with Crippen LogP contribution in [0.2, 0.25) is 0 Å². The largest absolute Gasteiger partial charge is 0.495 e. The van der Waals surface area contributed by atoms with Crippen molar-refractivity contribution in [3.05, 3.63) is 53.6 Å². The molecule has 0 aliphatic heterocycles. The summed E-state index contributed by atoms with van der Waals surface area (Å²) in [5.41, 5.74) is 4.35. The summed E-state index contributed by atoms with van der Waals surface area (Å²) in [6, 6.07) is 11.8. The number of hydrazine groups is 1. The monoisotopic (exact) mass is 391 g/mol. The maximum Gasteiger partial charge on any atom is 0.266 e. The Morgan fingerprint density at radius 1 is 1.07 bits per heavy atom. The molecule has 0 fully saturated rings. The number of sulfonamides is 1. The normalized spacial score (nSPS) is 11.1. The van der Waals surface area contributed by atoms with Crippen molar-refractivity contribution in [3.8, 4) is 5.75 Å². The third-order valence-corrected chi connectivity index (χ3v) is 5.43. The second-order valence-electron chi connectivity index (χ2n) is 5.93. The molecule has 2 N–H and O–H groups in total. The minimum atomic E-state index is -3.97. The number of anilines is 1. The van der Waals surface area contributed by atoms with Crippen molar-refractivity contribution in [1.82, 2.24) is 10.3 Å². The lowest BCUT2D eigenvalue weighted by Gasteiger charge is -2.21. The van der Waals surface area contributed by atoms with Gasteiger partial charge in [-0.3, -0.25) is 10.2 Å². The molecule has 0 atom stereocenters. The van der Waals surface area contributed by atoms with Gasteiger partial charge in [0, 0.05) is 24.3 Å². The zero-order valence-corrected chi connectivity index (χ0v) is 16.8. The number of carbonyl (C=O) groups is 1. The third kappa shape index (κ3) is 4.99. The number of amides is 1. The van der Waals surface area contributed by atoms with Crippen LogP contribution in [0.25, 0.3) is 0 Å². The van der Waals surface area contributed by atoms with Crippen molar-refractivity contribution < 1.29 is 17.9 Å². The van der Waals surface area contributed by atoms with Gasteiger partial charge in [-0.15, -0.1) is 4.83 Å². The molecular weight excluding hydrogens is 366 g/mol. The van der Waals surface area contributed by atoms with Crippen molar-refractivity contribution in [2.45, 2.75) is 25.7 Å². The van der Waals surface area contributed by atoms with E-state index in [1.54, 1.807) is 31.2 Å². The predicted octanol–water partition coefficient (Wildman–Crippen LogP) is 2.47. The van der Waals surface area contributed by atoms with E-state index >= 15 is 0 Å². The van der Waals surface area contributed by atoms with E-state index in [-0.39, 0.29) is 10.6 Å². The van der Waals surface area contributed by atoms with Gasteiger partial charge in [-0.1, -0.05) is 6.07 Å². The Balaban J connectivity index is 2.12. The highest BCUT2D eigenvalue weighted by molar-refractivity contribution is 7.89. The highest BCUT2D eigenvalue weighted by atomic mass is 32.2. The first-order valence-corrected chi connectivity index (χ1v) is 10.1. The minimum absolute atomic E-state index is 0.0396. The van der Waals surface area contributed by atoms with Crippen LogP contribution in [-0.2, 0) is 10.0 Å². The lowest BCUT2D eigenvalue weighted by molar-refractivity contribution is 0.0945. The number of hydrogen-bond acceptors (Lipinski definition) is 5. The van der Waals surface area contributed by atoms with Gasteiger partial charge < -0.3 is 9.64 Å². The van der Waals surface area contributed by atoms with Gasteiger partial charge in [-0.05, 0) is 62.7 Å².